The average Bonchev–Trinajstić information content (AvgIpc) is 3.29. The molecular formula is C21H22N4O2. The van der Waals surface area contributed by atoms with Crippen molar-refractivity contribution in [2.75, 3.05) is 0 Å². The second-order valence-corrected chi connectivity index (χ2v) is 6.91. The van der Waals surface area contributed by atoms with E-state index >= 15 is 0 Å². The molecule has 1 aliphatic carbocycles. The van der Waals surface area contributed by atoms with Crippen LogP contribution in [0, 0.1) is 6.92 Å². The normalized spacial score (nSPS) is 13.4. The number of hydrogen-bond donors (Lipinski definition) is 2. The summed E-state index contributed by atoms with van der Waals surface area (Å²) in [6.45, 7) is 2.93. The Morgan fingerprint density at radius 3 is 2.78 bits per heavy atom. The van der Waals surface area contributed by atoms with Gasteiger partial charge in [-0.25, -0.2) is 0 Å². The number of aromatic amines is 1. The molecular weight excluding hydrogens is 340 g/mol. The molecule has 1 aliphatic rings. The molecule has 138 valence electrons. The molecule has 27 heavy (non-hydrogen) atoms. The maximum Gasteiger partial charge on any atom is 0.268 e. The van der Waals surface area contributed by atoms with Gasteiger partial charge in [-0.15, -0.1) is 0 Å². The number of aromatic nitrogens is 3. The molecule has 2 aromatic heterocycles. The summed E-state index contributed by atoms with van der Waals surface area (Å²) >= 11 is 0. The Hall–Kier alpha value is -3.15. The molecule has 1 amide bonds. The lowest BCUT2D eigenvalue weighted by Crippen LogP contribution is -2.24. The van der Waals surface area contributed by atoms with Crippen LogP contribution in [-0.2, 0) is 19.5 Å². The quantitative estimate of drug-likeness (QED) is 0.732. The van der Waals surface area contributed by atoms with E-state index in [1.807, 2.05) is 48.1 Å². The Balaban J connectivity index is 1.50. The number of aryl methyl sites for hydroxylation is 1. The lowest BCUT2D eigenvalue weighted by Gasteiger charge is -2.11. The molecule has 0 atom stereocenters. The molecule has 0 radical (unpaired) electrons. The molecule has 0 saturated heterocycles. The van der Waals surface area contributed by atoms with Crippen molar-refractivity contribution >= 4 is 11.7 Å². The van der Waals surface area contributed by atoms with Gasteiger partial charge in [-0.05, 0) is 42.5 Å². The van der Waals surface area contributed by atoms with Gasteiger partial charge < -0.3 is 10.3 Å². The molecule has 2 heterocycles. The van der Waals surface area contributed by atoms with E-state index in [-0.39, 0.29) is 11.7 Å². The van der Waals surface area contributed by atoms with E-state index in [9.17, 15) is 9.59 Å². The summed E-state index contributed by atoms with van der Waals surface area (Å²) in [5.74, 6) is -0.0442. The third kappa shape index (κ3) is 3.43. The van der Waals surface area contributed by atoms with Crippen molar-refractivity contribution < 1.29 is 9.59 Å². The van der Waals surface area contributed by atoms with Gasteiger partial charge >= 0.3 is 0 Å². The zero-order chi connectivity index (χ0) is 18.8. The van der Waals surface area contributed by atoms with Gasteiger partial charge in [0, 0.05) is 36.6 Å². The maximum atomic E-state index is 12.7. The predicted molar refractivity (Wildman–Crippen MR) is 102 cm³/mol. The molecule has 0 saturated carbocycles. The van der Waals surface area contributed by atoms with E-state index in [1.54, 1.807) is 6.20 Å². The van der Waals surface area contributed by atoms with Gasteiger partial charge in [0.1, 0.15) is 5.69 Å². The topological polar surface area (TPSA) is 79.8 Å². The van der Waals surface area contributed by atoms with E-state index in [0.29, 0.717) is 30.8 Å². The minimum atomic E-state index is -0.177. The van der Waals surface area contributed by atoms with Crippen LogP contribution in [0.15, 0.2) is 42.7 Å². The van der Waals surface area contributed by atoms with E-state index < -0.39 is 0 Å². The molecule has 6 heteroatoms. The monoisotopic (exact) mass is 362 g/mol. The number of rotatable bonds is 5. The third-order valence-corrected chi connectivity index (χ3v) is 5.11. The lowest BCUT2D eigenvalue weighted by molar-refractivity contribution is 0.0944. The summed E-state index contributed by atoms with van der Waals surface area (Å²) in [6, 6.07) is 9.89. The number of carbonyl (C=O) groups is 2. The maximum absolute atomic E-state index is 12.7. The largest absolute Gasteiger partial charge is 0.354 e. The first kappa shape index (κ1) is 17.3. The number of carbonyl (C=O) groups excluding carboxylic acids is 2. The molecule has 4 rings (SSSR count). The average molecular weight is 362 g/mol. The number of Topliss-reactive ketones (excluding diaryl/α,β-unsaturated/α-hetero) is 1. The van der Waals surface area contributed by atoms with Crippen molar-refractivity contribution in [3.05, 3.63) is 76.4 Å². The van der Waals surface area contributed by atoms with E-state index in [0.717, 1.165) is 35.2 Å². The number of H-pyrrole nitrogens is 1. The van der Waals surface area contributed by atoms with Crippen molar-refractivity contribution in [1.29, 1.82) is 0 Å². The second-order valence-electron chi connectivity index (χ2n) is 6.91. The smallest absolute Gasteiger partial charge is 0.268 e. The highest BCUT2D eigenvalue weighted by molar-refractivity contribution is 6.04. The number of fused-ring (bicyclic) bond motifs is 1. The van der Waals surface area contributed by atoms with Crippen LogP contribution in [0.5, 0.6) is 0 Å². The van der Waals surface area contributed by atoms with Gasteiger partial charge in [0.05, 0.1) is 6.54 Å². The molecule has 6 nitrogen and oxygen atoms in total. The first-order valence-electron chi connectivity index (χ1n) is 9.20. The van der Waals surface area contributed by atoms with Crippen molar-refractivity contribution in [2.45, 2.75) is 39.3 Å². The molecule has 0 spiro atoms. The minimum absolute atomic E-state index is 0.133. The van der Waals surface area contributed by atoms with E-state index in [4.69, 9.17) is 0 Å². The SMILES string of the molecule is Cc1c(C(=O)NCc2ccccc2Cn2cccn2)[nH]c2c1C(=O)CCC2. The second kappa shape index (κ2) is 7.23. The Labute approximate surface area is 157 Å². The molecule has 2 N–H and O–H groups in total. The highest BCUT2D eigenvalue weighted by Crippen LogP contribution is 2.26. The van der Waals surface area contributed by atoms with Gasteiger partial charge in [-0.1, -0.05) is 24.3 Å². The molecule has 0 unspecified atom stereocenters. The number of hydrogen-bond acceptors (Lipinski definition) is 3. The van der Waals surface area contributed by atoms with Crippen LogP contribution >= 0.6 is 0 Å². The Kier molecular flexibility index (Phi) is 4.62. The summed E-state index contributed by atoms with van der Waals surface area (Å²) in [5, 5.41) is 7.23. The van der Waals surface area contributed by atoms with Gasteiger partial charge in [-0.2, -0.15) is 5.10 Å². The fourth-order valence-corrected chi connectivity index (χ4v) is 3.72. The number of nitrogens with zero attached hydrogens (tertiary/aromatic N) is 2. The van der Waals surface area contributed by atoms with Crippen molar-refractivity contribution in [2.24, 2.45) is 0 Å². The zero-order valence-electron chi connectivity index (χ0n) is 15.3. The van der Waals surface area contributed by atoms with Gasteiger partial charge in [0.15, 0.2) is 5.78 Å². The first-order valence-corrected chi connectivity index (χ1v) is 9.20. The van der Waals surface area contributed by atoms with Crippen LogP contribution in [0.1, 0.15) is 56.1 Å². The summed E-state index contributed by atoms with van der Waals surface area (Å²) in [7, 11) is 0. The highest BCUT2D eigenvalue weighted by Gasteiger charge is 2.26. The Morgan fingerprint density at radius 2 is 2.04 bits per heavy atom. The number of benzene rings is 1. The van der Waals surface area contributed by atoms with E-state index in [2.05, 4.69) is 15.4 Å². The Bertz CT molecular complexity index is 986. The standard InChI is InChI=1S/C21H22N4O2/c1-14-19-17(8-4-9-18(19)26)24-20(14)21(27)22-12-15-6-2-3-7-16(15)13-25-11-5-10-23-25/h2-3,5-7,10-11,24H,4,8-9,12-13H2,1H3,(H,22,27). The van der Waals surface area contributed by atoms with Crippen molar-refractivity contribution in [3.8, 4) is 0 Å². The fourth-order valence-electron chi connectivity index (χ4n) is 3.72. The first-order chi connectivity index (χ1) is 13.1. The van der Waals surface area contributed by atoms with Crippen molar-refractivity contribution in [1.82, 2.24) is 20.1 Å². The van der Waals surface area contributed by atoms with E-state index in [1.165, 1.54) is 0 Å². The van der Waals surface area contributed by atoms with Gasteiger partial charge in [-0.3, -0.25) is 14.3 Å². The number of nitrogens with one attached hydrogen (secondary N) is 2. The highest BCUT2D eigenvalue weighted by atomic mass is 16.2. The molecule has 0 fully saturated rings. The predicted octanol–water partition coefficient (Wildman–Crippen LogP) is 3.02. The lowest BCUT2D eigenvalue weighted by atomic mass is 9.94. The fraction of sp³-hybridized carbons (Fsp3) is 0.286. The number of amides is 1. The summed E-state index contributed by atoms with van der Waals surface area (Å²) in [4.78, 5) is 28.1. The minimum Gasteiger partial charge on any atom is -0.354 e. The molecule has 1 aromatic carbocycles. The summed E-state index contributed by atoms with van der Waals surface area (Å²) < 4.78 is 1.86. The molecule has 0 aliphatic heterocycles. The molecule has 3 aromatic rings. The zero-order valence-corrected chi connectivity index (χ0v) is 15.3. The third-order valence-electron chi connectivity index (χ3n) is 5.11. The van der Waals surface area contributed by atoms with Crippen LogP contribution in [0.2, 0.25) is 0 Å². The summed E-state index contributed by atoms with van der Waals surface area (Å²) in [5.41, 5.74) is 5.03. The van der Waals surface area contributed by atoms with Crippen LogP contribution in [0.3, 0.4) is 0 Å². The summed E-state index contributed by atoms with van der Waals surface area (Å²) in [6.07, 6.45) is 5.89. The molecule has 0 bridgehead atoms. The van der Waals surface area contributed by atoms with Gasteiger partial charge in [0.2, 0.25) is 0 Å². The van der Waals surface area contributed by atoms with Crippen LogP contribution in [0.25, 0.3) is 0 Å². The van der Waals surface area contributed by atoms with Crippen LogP contribution in [-0.4, -0.2) is 26.5 Å². The number of ketones is 1. The van der Waals surface area contributed by atoms with Gasteiger partial charge in [0.25, 0.3) is 5.91 Å². The van der Waals surface area contributed by atoms with Crippen LogP contribution in [0.4, 0.5) is 0 Å². The van der Waals surface area contributed by atoms with Crippen LogP contribution < -0.4 is 5.32 Å². The Morgan fingerprint density at radius 1 is 1.22 bits per heavy atom. The van der Waals surface area contributed by atoms with Crippen molar-refractivity contribution in [3.63, 3.8) is 0 Å².